The summed E-state index contributed by atoms with van der Waals surface area (Å²) in [6.45, 7) is 0. The van der Waals surface area contributed by atoms with Crippen LogP contribution in [-0.4, -0.2) is 5.78 Å². The number of benzene rings is 2. The zero-order chi connectivity index (χ0) is 14.1. The van der Waals surface area contributed by atoms with E-state index < -0.39 is 0 Å². The van der Waals surface area contributed by atoms with Gasteiger partial charge in [-0.1, -0.05) is 29.8 Å². The highest BCUT2D eigenvalue weighted by Crippen LogP contribution is 2.25. The maximum atomic E-state index is 12.3. The molecule has 0 N–H and O–H groups in total. The number of ketones is 1. The number of fused-ring (bicyclic) bond motifs is 1. The van der Waals surface area contributed by atoms with Crippen molar-refractivity contribution in [3.8, 4) is 0 Å². The molecule has 0 saturated heterocycles. The Balaban J connectivity index is 1.80. The predicted molar refractivity (Wildman–Crippen MR) is 85.7 cm³/mol. The Morgan fingerprint density at radius 3 is 2.70 bits per heavy atom. The van der Waals surface area contributed by atoms with Gasteiger partial charge < -0.3 is 0 Å². The summed E-state index contributed by atoms with van der Waals surface area (Å²) in [6, 6.07) is 11.8. The SMILES string of the molecule is O=C(Cc1ccc2c(c1)CCC2)c1ccc(Cl)c(Br)c1. The summed E-state index contributed by atoms with van der Waals surface area (Å²) in [4.78, 5) is 12.3. The average molecular weight is 350 g/mol. The molecule has 20 heavy (non-hydrogen) atoms. The van der Waals surface area contributed by atoms with Crippen molar-refractivity contribution in [2.45, 2.75) is 25.7 Å². The lowest BCUT2D eigenvalue weighted by molar-refractivity contribution is 0.0993. The van der Waals surface area contributed by atoms with Crippen molar-refractivity contribution in [3.05, 3.63) is 68.1 Å². The van der Waals surface area contributed by atoms with Crippen molar-refractivity contribution in [1.82, 2.24) is 0 Å². The number of Topliss-reactive ketones (excluding diaryl/α,β-unsaturated/α-hetero) is 1. The van der Waals surface area contributed by atoms with Crippen LogP contribution >= 0.6 is 27.5 Å². The molecule has 1 aliphatic rings. The molecule has 2 aromatic rings. The van der Waals surface area contributed by atoms with Crippen LogP contribution in [0, 0.1) is 0 Å². The molecule has 0 radical (unpaired) electrons. The number of halogens is 2. The van der Waals surface area contributed by atoms with Gasteiger partial charge in [0.25, 0.3) is 0 Å². The van der Waals surface area contributed by atoms with E-state index in [1.807, 2.05) is 0 Å². The molecule has 0 aromatic heterocycles. The largest absolute Gasteiger partial charge is 0.294 e. The fourth-order valence-corrected chi connectivity index (χ4v) is 3.19. The first-order chi connectivity index (χ1) is 9.63. The number of hydrogen-bond donors (Lipinski definition) is 0. The zero-order valence-electron chi connectivity index (χ0n) is 11.0. The lowest BCUT2D eigenvalue weighted by Crippen LogP contribution is -2.04. The molecule has 2 aromatic carbocycles. The monoisotopic (exact) mass is 348 g/mol. The molecule has 1 nitrogen and oxygen atoms in total. The molecule has 0 fully saturated rings. The second-order valence-corrected chi connectivity index (χ2v) is 6.45. The molecular formula is C17H14BrClO. The van der Waals surface area contributed by atoms with Crippen molar-refractivity contribution in [2.75, 3.05) is 0 Å². The second kappa shape index (κ2) is 5.71. The number of carbonyl (C=O) groups is 1. The smallest absolute Gasteiger partial charge is 0.167 e. The van der Waals surface area contributed by atoms with Gasteiger partial charge in [-0.3, -0.25) is 4.79 Å². The molecule has 0 saturated carbocycles. The molecule has 0 atom stereocenters. The van der Waals surface area contributed by atoms with Crippen molar-refractivity contribution in [3.63, 3.8) is 0 Å². The van der Waals surface area contributed by atoms with Crippen LogP contribution in [0.25, 0.3) is 0 Å². The first-order valence-electron chi connectivity index (χ1n) is 6.72. The van der Waals surface area contributed by atoms with Gasteiger partial charge in [-0.05, 0) is 70.1 Å². The highest BCUT2D eigenvalue weighted by Gasteiger charge is 2.13. The van der Waals surface area contributed by atoms with Crippen molar-refractivity contribution in [2.24, 2.45) is 0 Å². The predicted octanol–water partition coefficient (Wildman–Crippen LogP) is 5.02. The Bertz CT molecular complexity index is 679. The molecule has 0 spiro atoms. The van der Waals surface area contributed by atoms with Crippen molar-refractivity contribution < 1.29 is 4.79 Å². The van der Waals surface area contributed by atoms with Crippen LogP contribution in [-0.2, 0) is 19.3 Å². The van der Waals surface area contributed by atoms with Crippen LogP contribution in [0.1, 0.15) is 33.5 Å². The highest BCUT2D eigenvalue weighted by atomic mass is 79.9. The van der Waals surface area contributed by atoms with Gasteiger partial charge in [0.1, 0.15) is 0 Å². The number of aryl methyl sites for hydroxylation is 2. The van der Waals surface area contributed by atoms with E-state index in [0.717, 1.165) is 16.5 Å². The highest BCUT2D eigenvalue weighted by molar-refractivity contribution is 9.10. The molecule has 0 heterocycles. The number of rotatable bonds is 3. The third-order valence-electron chi connectivity index (χ3n) is 3.77. The lowest BCUT2D eigenvalue weighted by atomic mass is 10.00. The minimum absolute atomic E-state index is 0.125. The fourth-order valence-electron chi connectivity index (χ4n) is 2.69. The zero-order valence-corrected chi connectivity index (χ0v) is 13.3. The molecule has 3 heteroatoms. The van der Waals surface area contributed by atoms with Gasteiger partial charge in [0.05, 0.1) is 5.02 Å². The lowest BCUT2D eigenvalue weighted by Gasteiger charge is -2.06. The van der Waals surface area contributed by atoms with E-state index in [4.69, 9.17) is 11.6 Å². The van der Waals surface area contributed by atoms with Gasteiger partial charge in [0, 0.05) is 16.5 Å². The van der Waals surface area contributed by atoms with Crippen LogP contribution in [0.15, 0.2) is 40.9 Å². The maximum Gasteiger partial charge on any atom is 0.167 e. The first kappa shape index (κ1) is 13.8. The van der Waals surface area contributed by atoms with Crippen LogP contribution in [0.5, 0.6) is 0 Å². The summed E-state index contributed by atoms with van der Waals surface area (Å²) in [6.07, 6.45) is 4.00. The van der Waals surface area contributed by atoms with E-state index in [-0.39, 0.29) is 5.78 Å². The standard InChI is InChI=1S/C17H14BrClO/c18-15-10-14(6-7-16(15)19)17(20)9-11-4-5-12-2-1-3-13(12)8-11/h4-8,10H,1-3,9H2. The molecule has 102 valence electrons. The summed E-state index contributed by atoms with van der Waals surface area (Å²) in [5, 5.41) is 0.624. The molecule has 0 unspecified atom stereocenters. The van der Waals surface area contributed by atoms with E-state index in [9.17, 15) is 4.79 Å². The van der Waals surface area contributed by atoms with Crippen molar-refractivity contribution in [1.29, 1.82) is 0 Å². The molecule has 0 bridgehead atoms. The second-order valence-electron chi connectivity index (χ2n) is 5.19. The van der Waals surface area contributed by atoms with Crippen LogP contribution in [0.2, 0.25) is 5.02 Å². The van der Waals surface area contributed by atoms with E-state index >= 15 is 0 Å². The Hall–Kier alpha value is -1.12. The van der Waals surface area contributed by atoms with E-state index in [0.29, 0.717) is 17.0 Å². The van der Waals surface area contributed by atoms with E-state index in [1.54, 1.807) is 18.2 Å². The van der Waals surface area contributed by atoms with Gasteiger partial charge in [-0.15, -0.1) is 0 Å². The van der Waals surface area contributed by atoms with Gasteiger partial charge in [0.15, 0.2) is 5.78 Å². The van der Waals surface area contributed by atoms with Gasteiger partial charge in [0.2, 0.25) is 0 Å². The third-order valence-corrected chi connectivity index (χ3v) is 4.98. The Morgan fingerprint density at radius 2 is 1.90 bits per heavy atom. The Kier molecular flexibility index (Phi) is 3.95. The Labute approximate surface area is 132 Å². The van der Waals surface area contributed by atoms with Crippen LogP contribution in [0.3, 0.4) is 0 Å². The summed E-state index contributed by atoms with van der Waals surface area (Å²) in [5.74, 6) is 0.125. The van der Waals surface area contributed by atoms with Crippen LogP contribution < -0.4 is 0 Å². The summed E-state index contributed by atoms with van der Waals surface area (Å²) in [5.41, 5.74) is 4.64. The summed E-state index contributed by atoms with van der Waals surface area (Å²) in [7, 11) is 0. The van der Waals surface area contributed by atoms with Gasteiger partial charge in [-0.2, -0.15) is 0 Å². The number of carbonyl (C=O) groups excluding carboxylic acids is 1. The minimum atomic E-state index is 0.125. The number of hydrogen-bond acceptors (Lipinski definition) is 1. The maximum absolute atomic E-state index is 12.3. The summed E-state index contributed by atoms with van der Waals surface area (Å²) < 4.78 is 0.763. The average Bonchev–Trinajstić information content (AvgIpc) is 2.89. The normalized spacial score (nSPS) is 13.3. The first-order valence-corrected chi connectivity index (χ1v) is 7.89. The summed E-state index contributed by atoms with van der Waals surface area (Å²) >= 11 is 9.31. The molecule has 0 aliphatic heterocycles. The molecule has 0 amide bonds. The van der Waals surface area contributed by atoms with Gasteiger partial charge in [-0.25, -0.2) is 0 Å². The molecule has 1 aliphatic carbocycles. The minimum Gasteiger partial charge on any atom is -0.294 e. The van der Waals surface area contributed by atoms with Crippen LogP contribution in [0.4, 0.5) is 0 Å². The molecular weight excluding hydrogens is 336 g/mol. The topological polar surface area (TPSA) is 17.1 Å². The Morgan fingerprint density at radius 1 is 1.10 bits per heavy atom. The third kappa shape index (κ3) is 2.82. The van der Waals surface area contributed by atoms with Crippen molar-refractivity contribution >= 4 is 33.3 Å². The quantitative estimate of drug-likeness (QED) is 0.711. The fraction of sp³-hybridized carbons (Fsp3) is 0.235. The van der Waals surface area contributed by atoms with E-state index in [1.165, 1.54) is 24.0 Å². The van der Waals surface area contributed by atoms with Gasteiger partial charge >= 0.3 is 0 Å². The molecule has 3 rings (SSSR count). The van der Waals surface area contributed by atoms with E-state index in [2.05, 4.69) is 34.1 Å².